The van der Waals surface area contributed by atoms with Crippen LogP contribution in [-0.2, 0) is 0 Å². The molecule has 0 fully saturated rings. The Balaban J connectivity index is 3.14. The standard InChI is InChI=1S/C10H12O4/c1-3-6(2)7-5-14-9(10(12)13)4-8(7)11/h4-6H,3H2,1-2H3,(H,12,13). The monoisotopic (exact) mass is 196 g/mol. The molecule has 0 bridgehead atoms. The first-order chi connectivity index (χ1) is 6.56. The van der Waals surface area contributed by atoms with Gasteiger partial charge in [0.15, 0.2) is 5.43 Å². The molecule has 1 aromatic rings. The van der Waals surface area contributed by atoms with Gasteiger partial charge in [-0.25, -0.2) is 4.79 Å². The van der Waals surface area contributed by atoms with E-state index in [2.05, 4.69) is 0 Å². The lowest BCUT2D eigenvalue weighted by Crippen LogP contribution is -2.12. The molecule has 0 saturated carbocycles. The minimum atomic E-state index is -1.22. The van der Waals surface area contributed by atoms with Crippen molar-refractivity contribution >= 4 is 5.97 Å². The molecule has 1 rings (SSSR count). The summed E-state index contributed by atoms with van der Waals surface area (Å²) in [5.41, 5.74) is 0.250. The first-order valence-electron chi connectivity index (χ1n) is 4.42. The van der Waals surface area contributed by atoms with Crippen LogP contribution in [0.1, 0.15) is 42.3 Å². The van der Waals surface area contributed by atoms with Gasteiger partial charge in [0.05, 0.1) is 6.26 Å². The third-order valence-electron chi connectivity index (χ3n) is 2.21. The molecular weight excluding hydrogens is 184 g/mol. The summed E-state index contributed by atoms with van der Waals surface area (Å²) in [6, 6.07) is 1.02. The fourth-order valence-corrected chi connectivity index (χ4v) is 1.11. The molecule has 0 aliphatic rings. The van der Waals surface area contributed by atoms with Crippen molar-refractivity contribution in [2.45, 2.75) is 26.2 Å². The van der Waals surface area contributed by atoms with Gasteiger partial charge < -0.3 is 9.52 Å². The van der Waals surface area contributed by atoms with Gasteiger partial charge in [0, 0.05) is 11.6 Å². The van der Waals surface area contributed by atoms with E-state index < -0.39 is 5.97 Å². The fourth-order valence-electron chi connectivity index (χ4n) is 1.11. The largest absolute Gasteiger partial charge is 0.475 e. The van der Waals surface area contributed by atoms with Gasteiger partial charge in [-0.1, -0.05) is 13.8 Å². The van der Waals surface area contributed by atoms with Crippen molar-refractivity contribution < 1.29 is 14.3 Å². The van der Waals surface area contributed by atoms with Gasteiger partial charge in [-0.15, -0.1) is 0 Å². The Bertz CT molecular complexity index is 391. The van der Waals surface area contributed by atoms with Crippen LogP contribution in [0.15, 0.2) is 21.5 Å². The lowest BCUT2D eigenvalue weighted by atomic mass is 10.0. The number of hydrogen-bond acceptors (Lipinski definition) is 3. The van der Waals surface area contributed by atoms with E-state index in [4.69, 9.17) is 9.52 Å². The molecule has 0 radical (unpaired) electrons. The van der Waals surface area contributed by atoms with Crippen LogP contribution in [-0.4, -0.2) is 11.1 Å². The van der Waals surface area contributed by atoms with Gasteiger partial charge in [-0.3, -0.25) is 4.79 Å². The maximum Gasteiger partial charge on any atom is 0.371 e. The second-order valence-corrected chi connectivity index (χ2v) is 3.18. The molecule has 0 amide bonds. The van der Waals surface area contributed by atoms with Gasteiger partial charge in [0.25, 0.3) is 0 Å². The predicted octanol–water partition coefficient (Wildman–Crippen LogP) is 1.85. The van der Waals surface area contributed by atoms with Gasteiger partial charge in [-0.2, -0.15) is 0 Å². The molecule has 76 valence electrons. The highest BCUT2D eigenvalue weighted by Gasteiger charge is 2.12. The zero-order chi connectivity index (χ0) is 10.7. The number of hydrogen-bond donors (Lipinski definition) is 1. The third kappa shape index (κ3) is 2.02. The minimum Gasteiger partial charge on any atom is -0.475 e. The van der Waals surface area contributed by atoms with E-state index in [1.807, 2.05) is 13.8 Å². The summed E-state index contributed by atoms with van der Waals surface area (Å²) >= 11 is 0. The number of carboxylic acids is 1. The molecule has 14 heavy (non-hydrogen) atoms. The molecule has 0 aliphatic heterocycles. The molecule has 4 heteroatoms. The Labute approximate surface area is 81.2 Å². The van der Waals surface area contributed by atoms with E-state index in [0.717, 1.165) is 12.5 Å². The molecule has 1 N–H and O–H groups in total. The molecule has 0 aromatic carbocycles. The molecule has 1 heterocycles. The van der Waals surface area contributed by atoms with E-state index in [1.54, 1.807) is 0 Å². The van der Waals surface area contributed by atoms with Crippen LogP contribution in [0, 0.1) is 0 Å². The summed E-state index contributed by atoms with van der Waals surface area (Å²) in [5, 5.41) is 8.56. The van der Waals surface area contributed by atoms with Gasteiger partial charge in [0.2, 0.25) is 5.76 Å². The zero-order valence-electron chi connectivity index (χ0n) is 8.11. The van der Waals surface area contributed by atoms with E-state index in [1.165, 1.54) is 6.26 Å². The van der Waals surface area contributed by atoms with Gasteiger partial charge in [0.1, 0.15) is 0 Å². The van der Waals surface area contributed by atoms with E-state index in [9.17, 15) is 9.59 Å². The van der Waals surface area contributed by atoms with Crippen molar-refractivity contribution in [3.63, 3.8) is 0 Å². The maximum atomic E-state index is 11.4. The average Bonchev–Trinajstić information content (AvgIpc) is 2.16. The van der Waals surface area contributed by atoms with E-state index in [-0.39, 0.29) is 17.1 Å². The van der Waals surface area contributed by atoms with Crippen LogP contribution in [0.2, 0.25) is 0 Å². The quantitative estimate of drug-likeness (QED) is 0.801. The summed E-state index contributed by atoms with van der Waals surface area (Å²) in [4.78, 5) is 21.9. The number of aromatic carboxylic acids is 1. The van der Waals surface area contributed by atoms with Gasteiger partial charge in [-0.05, 0) is 12.3 Å². The first-order valence-corrected chi connectivity index (χ1v) is 4.42. The second-order valence-electron chi connectivity index (χ2n) is 3.18. The summed E-state index contributed by atoms with van der Waals surface area (Å²) in [6.07, 6.45) is 2.05. The number of carbonyl (C=O) groups is 1. The lowest BCUT2D eigenvalue weighted by molar-refractivity contribution is 0.0659. The van der Waals surface area contributed by atoms with Crippen LogP contribution in [0.5, 0.6) is 0 Å². The fraction of sp³-hybridized carbons (Fsp3) is 0.400. The minimum absolute atomic E-state index is 0.0918. The Morgan fingerprint density at radius 3 is 2.71 bits per heavy atom. The van der Waals surface area contributed by atoms with E-state index in [0.29, 0.717) is 5.56 Å². The van der Waals surface area contributed by atoms with Crippen LogP contribution >= 0.6 is 0 Å². The molecule has 1 aromatic heterocycles. The predicted molar refractivity (Wildman–Crippen MR) is 50.6 cm³/mol. The highest BCUT2D eigenvalue weighted by atomic mass is 16.4. The van der Waals surface area contributed by atoms with Crippen molar-refractivity contribution in [3.8, 4) is 0 Å². The summed E-state index contributed by atoms with van der Waals surface area (Å²) in [5.74, 6) is -1.45. The number of rotatable bonds is 3. The third-order valence-corrected chi connectivity index (χ3v) is 2.21. The zero-order valence-corrected chi connectivity index (χ0v) is 8.11. The van der Waals surface area contributed by atoms with Crippen LogP contribution in [0.3, 0.4) is 0 Å². The maximum absolute atomic E-state index is 11.4. The lowest BCUT2D eigenvalue weighted by Gasteiger charge is -2.06. The van der Waals surface area contributed by atoms with Crippen LogP contribution in [0.25, 0.3) is 0 Å². The SMILES string of the molecule is CCC(C)c1coc(C(=O)O)cc1=O. The summed E-state index contributed by atoms with van der Waals surface area (Å²) in [6.45, 7) is 3.85. The molecule has 0 spiro atoms. The highest BCUT2D eigenvalue weighted by Crippen LogP contribution is 2.14. The van der Waals surface area contributed by atoms with E-state index >= 15 is 0 Å². The molecular formula is C10H12O4. The van der Waals surface area contributed by atoms with Crippen molar-refractivity contribution in [1.82, 2.24) is 0 Å². The Morgan fingerprint density at radius 1 is 1.64 bits per heavy atom. The summed E-state index contributed by atoms with van der Waals surface area (Å²) in [7, 11) is 0. The molecule has 0 aliphatic carbocycles. The van der Waals surface area contributed by atoms with Crippen LogP contribution < -0.4 is 5.43 Å². The van der Waals surface area contributed by atoms with Crippen LogP contribution in [0.4, 0.5) is 0 Å². The molecule has 1 atom stereocenters. The Kier molecular flexibility index (Phi) is 3.06. The molecule has 0 saturated heterocycles. The van der Waals surface area contributed by atoms with Gasteiger partial charge >= 0.3 is 5.97 Å². The molecule has 4 nitrogen and oxygen atoms in total. The van der Waals surface area contributed by atoms with Crippen molar-refractivity contribution in [1.29, 1.82) is 0 Å². The normalized spacial score (nSPS) is 12.4. The summed E-state index contributed by atoms with van der Waals surface area (Å²) < 4.78 is 4.82. The average molecular weight is 196 g/mol. The Morgan fingerprint density at radius 2 is 2.29 bits per heavy atom. The Hall–Kier alpha value is -1.58. The topological polar surface area (TPSA) is 67.5 Å². The smallest absolute Gasteiger partial charge is 0.371 e. The van der Waals surface area contributed by atoms with Crippen molar-refractivity contribution in [3.05, 3.63) is 33.9 Å². The second kappa shape index (κ2) is 4.09. The number of carboxylic acid groups (broad SMARTS) is 1. The molecule has 1 unspecified atom stereocenters. The highest BCUT2D eigenvalue weighted by molar-refractivity contribution is 5.84. The van der Waals surface area contributed by atoms with Crippen molar-refractivity contribution in [2.75, 3.05) is 0 Å². The van der Waals surface area contributed by atoms with Crippen molar-refractivity contribution in [2.24, 2.45) is 0 Å². The first kappa shape index (κ1) is 10.5.